The number of hydrogen-bond donors (Lipinski definition) is 0. The zero-order valence-corrected chi connectivity index (χ0v) is 14.9. The van der Waals surface area contributed by atoms with Crippen LogP contribution in [0.15, 0.2) is 41.4 Å². The van der Waals surface area contributed by atoms with Crippen LogP contribution >= 0.6 is 7.60 Å². The van der Waals surface area contributed by atoms with Crippen molar-refractivity contribution >= 4 is 25.6 Å². The molecule has 2 unspecified atom stereocenters. The van der Waals surface area contributed by atoms with Crippen LogP contribution in [0.3, 0.4) is 0 Å². The third-order valence-electron chi connectivity index (χ3n) is 4.01. The molecule has 0 bridgehead atoms. The Balaban J connectivity index is 1.99. The maximum Gasteiger partial charge on any atom is 0.341 e. The Labute approximate surface area is 145 Å². The Hall–Kier alpha value is -2.08. The average molecular weight is 362 g/mol. The van der Waals surface area contributed by atoms with E-state index in [-0.39, 0.29) is 13.2 Å². The summed E-state index contributed by atoms with van der Waals surface area (Å²) >= 11 is 0. The van der Waals surface area contributed by atoms with Crippen molar-refractivity contribution < 1.29 is 23.2 Å². The summed E-state index contributed by atoms with van der Waals surface area (Å²) in [6, 6.07) is 6.58. The van der Waals surface area contributed by atoms with Gasteiger partial charge in [0, 0.05) is 6.21 Å². The summed E-state index contributed by atoms with van der Waals surface area (Å²) in [5, 5.41) is 0. The summed E-state index contributed by atoms with van der Waals surface area (Å²) in [5.74, 6) is -0.912. The number of aliphatic imine (C=N–C) groups is 1. The highest BCUT2D eigenvalue weighted by Crippen LogP contribution is 2.56. The third kappa shape index (κ3) is 2.99. The molecule has 1 aromatic carbocycles. The van der Waals surface area contributed by atoms with Crippen molar-refractivity contribution in [2.75, 3.05) is 13.2 Å². The number of benzene rings is 1. The van der Waals surface area contributed by atoms with Gasteiger partial charge in [0.1, 0.15) is 11.8 Å². The number of carbonyl (C=O) groups excluding carboxylic acids is 2. The number of allylic oxidation sites excluding steroid dienone is 1. The second-order valence-electron chi connectivity index (χ2n) is 5.49. The summed E-state index contributed by atoms with van der Waals surface area (Å²) in [6.07, 6.45) is 3.74. The lowest BCUT2D eigenvalue weighted by Crippen LogP contribution is -2.46. The Kier molecular flexibility index (Phi) is 4.99. The molecule has 2 aliphatic heterocycles. The van der Waals surface area contributed by atoms with Crippen LogP contribution in [-0.4, -0.2) is 48.0 Å². The minimum atomic E-state index is -3.60. The quantitative estimate of drug-likeness (QED) is 0.574. The molecule has 2 amide bonds. The number of rotatable bonds is 6. The van der Waals surface area contributed by atoms with Crippen LogP contribution < -0.4 is 0 Å². The van der Waals surface area contributed by atoms with Crippen molar-refractivity contribution in [1.82, 2.24) is 4.90 Å². The molecule has 2 heterocycles. The number of fused-ring (bicyclic) bond motifs is 1. The van der Waals surface area contributed by atoms with E-state index in [1.54, 1.807) is 50.3 Å². The highest BCUT2D eigenvalue weighted by Gasteiger charge is 2.49. The summed E-state index contributed by atoms with van der Waals surface area (Å²) < 4.78 is 24.0. The summed E-state index contributed by atoms with van der Waals surface area (Å²) in [6.45, 7) is 3.78. The molecule has 7 nitrogen and oxygen atoms in total. The number of imide groups is 1. The molecule has 0 N–H and O–H groups in total. The van der Waals surface area contributed by atoms with Crippen molar-refractivity contribution in [2.24, 2.45) is 4.99 Å². The van der Waals surface area contributed by atoms with Gasteiger partial charge in [-0.2, -0.15) is 0 Å². The van der Waals surface area contributed by atoms with Gasteiger partial charge in [-0.1, -0.05) is 18.2 Å². The van der Waals surface area contributed by atoms with Crippen molar-refractivity contribution in [3.05, 3.63) is 47.5 Å². The molecule has 0 aliphatic carbocycles. The van der Waals surface area contributed by atoms with E-state index in [4.69, 9.17) is 9.05 Å². The fourth-order valence-corrected chi connectivity index (χ4v) is 4.98. The number of nitrogens with zero attached hydrogens (tertiary/aromatic N) is 2. The van der Waals surface area contributed by atoms with Gasteiger partial charge in [0.15, 0.2) is 0 Å². The monoisotopic (exact) mass is 362 g/mol. The van der Waals surface area contributed by atoms with Gasteiger partial charge in [-0.05, 0) is 32.1 Å². The maximum absolute atomic E-state index is 13.2. The second kappa shape index (κ2) is 7.04. The highest BCUT2D eigenvalue weighted by atomic mass is 31.2. The predicted octanol–water partition coefficient (Wildman–Crippen LogP) is 2.88. The van der Waals surface area contributed by atoms with E-state index in [0.717, 1.165) is 4.90 Å². The summed E-state index contributed by atoms with van der Waals surface area (Å²) in [7, 11) is -3.60. The molecule has 0 radical (unpaired) electrons. The molecule has 0 saturated carbocycles. The molecular formula is C17H19N2O5P. The molecule has 2 atom stereocenters. The van der Waals surface area contributed by atoms with Gasteiger partial charge in [-0.25, -0.2) is 4.90 Å². The smallest absolute Gasteiger partial charge is 0.308 e. The molecule has 25 heavy (non-hydrogen) atoms. The Morgan fingerprint density at radius 3 is 2.16 bits per heavy atom. The van der Waals surface area contributed by atoms with E-state index < -0.39 is 31.2 Å². The topological polar surface area (TPSA) is 85.3 Å². The van der Waals surface area contributed by atoms with Gasteiger partial charge in [0.2, 0.25) is 0 Å². The van der Waals surface area contributed by atoms with E-state index in [1.807, 2.05) is 0 Å². The van der Waals surface area contributed by atoms with E-state index in [9.17, 15) is 14.2 Å². The maximum atomic E-state index is 13.2. The van der Waals surface area contributed by atoms with Crippen LogP contribution in [0, 0.1) is 0 Å². The summed E-state index contributed by atoms with van der Waals surface area (Å²) in [4.78, 5) is 30.8. The molecule has 2 aliphatic rings. The fourth-order valence-electron chi connectivity index (χ4n) is 2.99. The molecule has 0 spiro atoms. The first-order valence-electron chi connectivity index (χ1n) is 8.09. The van der Waals surface area contributed by atoms with Crippen molar-refractivity contribution in [2.45, 2.75) is 25.7 Å². The molecule has 132 valence electrons. The summed E-state index contributed by atoms with van der Waals surface area (Å²) in [5.41, 5.74) is -0.211. The number of hydrogen-bond acceptors (Lipinski definition) is 6. The SMILES string of the molecule is CCOP(=O)(OCC)C1C=CC=NC1N1C(=O)c2ccccc2C1=O. The van der Waals surface area contributed by atoms with Gasteiger partial charge in [0.05, 0.1) is 24.3 Å². The first-order chi connectivity index (χ1) is 12.0. The van der Waals surface area contributed by atoms with Crippen LogP contribution in [0.2, 0.25) is 0 Å². The van der Waals surface area contributed by atoms with E-state index in [0.29, 0.717) is 11.1 Å². The van der Waals surface area contributed by atoms with Gasteiger partial charge >= 0.3 is 7.60 Å². The lowest BCUT2D eigenvalue weighted by molar-refractivity contribution is 0.0586. The van der Waals surface area contributed by atoms with Crippen LogP contribution in [-0.2, 0) is 13.6 Å². The second-order valence-corrected chi connectivity index (χ2v) is 7.68. The van der Waals surface area contributed by atoms with Gasteiger partial charge in [0.25, 0.3) is 11.8 Å². The lowest BCUT2D eigenvalue weighted by Gasteiger charge is -2.33. The number of carbonyl (C=O) groups is 2. The van der Waals surface area contributed by atoms with Gasteiger partial charge in [-0.15, -0.1) is 0 Å². The minimum absolute atomic E-state index is 0.181. The van der Waals surface area contributed by atoms with Crippen molar-refractivity contribution in [3.63, 3.8) is 0 Å². The molecular weight excluding hydrogens is 343 g/mol. The lowest BCUT2D eigenvalue weighted by atomic mass is 10.1. The van der Waals surface area contributed by atoms with Crippen LogP contribution in [0.1, 0.15) is 34.6 Å². The molecule has 0 aromatic heterocycles. The van der Waals surface area contributed by atoms with E-state index in [2.05, 4.69) is 4.99 Å². The largest absolute Gasteiger partial charge is 0.341 e. The first kappa shape index (κ1) is 17.7. The van der Waals surface area contributed by atoms with Crippen molar-refractivity contribution in [3.8, 4) is 0 Å². The Morgan fingerprint density at radius 2 is 1.64 bits per heavy atom. The molecule has 3 rings (SSSR count). The minimum Gasteiger partial charge on any atom is -0.308 e. The highest BCUT2D eigenvalue weighted by molar-refractivity contribution is 7.55. The van der Waals surface area contributed by atoms with Crippen LogP contribution in [0.4, 0.5) is 0 Å². The van der Waals surface area contributed by atoms with Crippen LogP contribution in [0.25, 0.3) is 0 Å². The van der Waals surface area contributed by atoms with Crippen LogP contribution in [0.5, 0.6) is 0 Å². The molecule has 8 heteroatoms. The van der Waals surface area contributed by atoms with Gasteiger partial charge in [-0.3, -0.25) is 19.1 Å². The molecule has 1 aromatic rings. The Morgan fingerprint density at radius 1 is 1.08 bits per heavy atom. The van der Waals surface area contributed by atoms with E-state index in [1.165, 1.54) is 6.21 Å². The first-order valence-corrected chi connectivity index (χ1v) is 9.70. The number of dihydropyridines is 1. The standard InChI is InChI=1S/C17H19N2O5P/c1-3-23-25(22,24-4-2)14-10-7-11-18-15(14)19-16(20)12-8-5-6-9-13(12)17(19)21/h5-11,14-15H,3-4H2,1-2H3. The zero-order valence-electron chi connectivity index (χ0n) is 14.0. The third-order valence-corrected chi connectivity index (χ3v) is 6.42. The normalized spacial score (nSPS) is 22.6. The van der Waals surface area contributed by atoms with E-state index >= 15 is 0 Å². The Bertz CT molecular complexity index is 759. The number of amides is 2. The van der Waals surface area contributed by atoms with Gasteiger partial charge < -0.3 is 9.05 Å². The zero-order chi connectivity index (χ0) is 18.0. The van der Waals surface area contributed by atoms with Crippen molar-refractivity contribution in [1.29, 1.82) is 0 Å². The predicted molar refractivity (Wildman–Crippen MR) is 93.0 cm³/mol. The molecule has 0 fully saturated rings. The fraction of sp³-hybridized carbons (Fsp3) is 0.353. The molecule has 0 saturated heterocycles. The average Bonchev–Trinajstić information content (AvgIpc) is 2.87.